The third-order valence-corrected chi connectivity index (χ3v) is 4.11. The number of anilines is 1. The molecule has 0 aliphatic heterocycles. The van der Waals surface area contributed by atoms with Crippen molar-refractivity contribution in [2.24, 2.45) is 4.36 Å². The lowest BCUT2D eigenvalue weighted by Gasteiger charge is -2.11. The molecule has 1 unspecified atom stereocenters. The maximum Gasteiger partial charge on any atom is 0.107 e. The molecular weight excluding hydrogens is 281 g/mol. The predicted octanol–water partition coefficient (Wildman–Crippen LogP) is 2.19. The molecule has 1 atom stereocenters. The quantitative estimate of drug-likeness (QED) is 0.870. The van der Waals surface area contributed by atoms with Crippen LogP contribution in [0.1, 0.15) is 5.56 Å². The largest absolute Gasteiger partial charge is 0.399 e. The number of nitrogens with zero attached hydrogens (tertiary/aromatic N) is 2. The van der Waals surface area contributed by atoms with E-state index in [9.17, 15) is 4.21 Å². The average molecular weight is 300 g/mol. The van der Waals surface area contributed by atoms with Crippen LogP contribution in [0, 0.1) is 0 Å². The molecule has 1 rings (SSSR count). The maximum atomic E-state index is 11.9. The van der Waals surface area contributed by atoms with Gasteiger partial charge in [0.05, 0.1) is 6.54 Å². The number of nitrogen functional groups attached to an aromatic ring is 1. The normalized spacial score (nSPS) is 13.2. The van der Waals surface area contributed by atoms with Gasteiger partial charge in [-0.05, 0) is 17.7 Å². The molecule has 0 fully saturated rings. The van der Waals surface area contributed by atoms with Gasteiger partial charge in [-0.2, -0.15) is 0 Å². The minimum Gasteiger partial charge on any atom is -0.399 e. The molecule has 0 amide bonds. The lowest BCUT2D eigenvalue weighted by molar-refractivity contribution is 0.595. The van der Waals surface area contributed by atoms with Gasteiger partial charge in [-0.15, -0.1) is 24.8 Å². The highest BCUT2D eigenvalue weighted by Crippen LogP contribution is 2.08. The van der Waals surface area contributed by atoms with Gasteiger partial charge >= 0.3 is 0 Å². The third-order valence-electron chi connectivity index (χ3n) is 2.14. The second-order valence-corrected chi connectivity index (χ2v) is 6.12. The Morgan fingerprint density at radius 3 is 2.12 bits per heavy atom. The van der Waals surface area contributed by atoms with Crippen molar-refractivity contribution in [2.45, 2.75) is 6.54 Å². The van der Waals surface area contributed by atoms with E-state index >= 15 is 0 Å². The summed E-state index contributed by atoms with van der Waals surface area (Å²) in [6.45, 7) is 0.452. The van der Waals surface area contributed by atoms with E-state index < -0.39 is 9.92 Å². The van der Waals surface area contributed by atoms with Crippen molar-refractivity contribution in [3.05, 3.63) is 29.8 Å². The van der Waals surface area contributed by atoms with Crippen molar-refractivity contribution in [1.29, 1.82) is 0 Å². The molecule has 0 aromatic heterocycles. The molecule has 0 aliphatic carbocycles. The monoisotopic (exact) mass is 299 g/mol. The molecule has 0 spiro atoms. The lowest BCUT2D eigenvalue weighted by atomic mass is 10.2. The number of rotatable bonds is 3. The van der Waals surface area contributed by atoms with Gasteiger partial charge in [0.1, 0.15) is 9.92 Å². The van der Waals surface area contributed by atoms with E-state index in [0.717, 1.165) is 11.3 Å². The van der Waals surface area contributed by atoms with Crippen LogP contribution in [-0.2, 0) is 16.5 Å². The van der Waals surface area contributed by atoms with E-state index in [4.69, 9.17) is 5.73 Å². The Balaban J connectivity index is 0. The van der Waals surface area contributed by atoms with Crippen molar-refractivity contribution < 1.29 is 4.21 Å². The van der Waals surface area contributed by atoms with E-state index in [1.807, 2.05) is 24.3 Å². The van der Waals surface area contributed by atoms with Crippen LogP contribution in [0.15, 0.2) is 28.6 Å². The SMILES string of the molecule is CN(C)S(C)(=O)=NCc1ccc(N)cc1.Cl.Cl. The predicted molar refractivity (Wildman–Crippen MR) is 79.2 cm³/mol. The average Bonchev–Trinajstić information content (AvgIpc) is 2.17. The smallest absolute Gasteiger partial charge is 0.107 e. The Hall–Kier alpha value is -0.490. The summed E-state index contributed by atoms with van der Waals surface area (Å²) < 4.78 is 17.7. The van der Waals surface area contributed by atoms with Gasteiger partial charge in [0.2, 0.25) is 0 Å². The molecule has 2 N–H and O–H groups in total. The number of nitrogens with two attached hydrogens (primary N) is 1. The molecule has 0 saturated heterocycles. The van der Waals surface area contributed by atoms with Gasteiger partial charge in [-0.1, -0.05) is 12.1 Å². The summed E-state index contributed by atoms with van der Waals surface area (Å²) in [5.41, 5.74) is 7.30. The first-order valence-corrected chi connectivity index (χ1v) is 6.49. The molecule has 0 saturated carbocycles. The number of hydrogen-bond donors (Lipinski definition) is 1. The number of hydrogen-bond acceptors (Lipinski definition) is 3. The first-order valence-electron chi connectivity index (χ1n) is 4.61. The van der Waals surface area contributed by atoms with Crippen molar-refractivity contribution in [1.82, 2.24) is 4.31 Å². The summed E-state index contributed by atoms with van der Waals surface area (Å²) in [7, 11) is 1.29. The van der Waals surface area contributed by atoms with Crippen LogP contribution in [-0.4, -0.2) is 28.9 Å². The highest BCUT2D eigenvalue weighted by molar-refractivity contribution is 7.90. The summed E-state index contributed by atoms with van der Waals surface area (Å²) >= 11 is 0. The van der Waals surface area contributed by atoms with E-state index in [2.05, 4.69) is 4.36 Å². The van der Waals surface area contributed by atoms with Gasteiger partial charge in [-0.25, -0.2) is 12.9 Å². The fraction of sp³-hybridized carbons (Fsp3) is 0.400. The molecule has 100 valence electrons. The molecular formula is C10H19Cl2N3OS. The van der Waals surface area contributed by atoms with Crippen LogP contribution in [0.5, 0.6) is 0 Å². The van der Waals surface area contributed by atoms with Crippen LogP contribution < -0.4 is 5.73 Å². The molecule has 17 heavy (non-hydrogen) atoms. The number of benzene rings is 1. The Labute approximate surface area is 116 Å². The molecule has 0 bridgehead atoms. The fourth-order valence-electron chi connectivity index (χ4n) is 0.933. The van der Waals surface area contributed by atoms with Crippen LogP contribution in [0.2, 0.25) is 0 Å². The van der Waals surface area contributed by atoms with Crippen molar-refractivity contribution in [3.8, 4) is 0 Å². The maximum absolute atomic E-state index is 11.9. The van der Waals surface area contributed by atoms with Crippen LogP contribution >= 0.6 is 24.8 Å². The van der Waals surface area contributed by atoms with Crippen molar-refractivity contribution in [2.75, 3.05) is 26.1 Å². The lowest BCUT2D eigenvalue weighted by Crippen LogP contribution is -2.20. The second kappa shape index (κ2) is 7.76. The summed E-state index contributed by atoms with van der Waals surface area (Å²) in [6.07, 6.45) is 1.63. The summed E-state index contributed by atoms with van der Waals surface area (Å²) in [6, 6.07) is 7.42. The molecule has 4 nitrogen and oxygen atoms in total. The van der Waals surface area contributed by atoms with E-state index in [1.165, 1.54) is 0 Å². The summed E-state index contributed by atoms with van der Waals surface area (Å²) in [5.74, 6) is 0. The van der Waals surface area contributed by atoms with E-state index in [1.54, 1.807) is 24.7 Å². The van der Waals surface area contributed by atoms with Crippen molar-refractivity contribution in [3.63, 3.8) is 0 Å². The van der Waals surface area contributed by atoms with Crippen LogP contribution in [0.3, 0.4) is 0 Å². The Morgan fingerprint density at radius 1 is 1.24 bits per heavy atom. The standard InChI is InChI=1S/C10H17N3OS.2ClH/c1-13(2)15(3,14)12-8-9-4-6-10(11)7-5-9;;/h4-7H,8,11H2,1-3H3;2*1H. The fourth-order valence-corrected chi connectivity index (χ4v) is 1.55. The van der Waals surface area contributed by atoms with Gasteiger partial charge in [0.15, 0.2) is 0 Å². The summed E-state index contributed by atoms with van der Waals surface area (Å²) in [4.78, 5) is 0. The zero-order chi connectivity index (χ0) is 11.5. The summed E-state index contributed by atoms with van der Waals surface area (Å²) in [5, 5.41) is 0. The molecule has 0 aliphatic rings. The minimum atomic E-state index is -2.23. The first kappa shape index (κ1) is 18.9. The molecule has 7 heteroatoms. The topological polar surface area (TPSA) is 58.7 Å². The molecule has 1 aromatic rings. The third kappa shape index (κ3) is 6.12. The van der Waals surface area contributed by atoms with Gasteiger partial charge in [0.25, 0.3) is 0 Å². The zero-order valence-corrected chi connectivity index (χ0v) is 12.6. The van der Waals surface area contributed by atoms with E-state index in [-0.39, 0.29) is 24.8 Å². The highest BCUT2D eigenvalue weighted by Gasteiger charge is 2.02. The first-order chi connectivity index (χ1) is 6.92. The van der Waals surface area contributed by atoms with E-state index in [0.29, 0.717) is 6.54 Å². The number of halogens is 2. The Morgan fingerprint density at radius 2 is 1.71 bits per heavy atom. The van der Waals surface area contributed by atoms with Crippen molar-refractivity contribution >= 4 is 40.4 Å². The zero-order valence-electron chi connectivity index (χ0n) is 10.1. The molecule has 1 aromatic carbocycles. The van der Waals surface area contributed by atoms with Gasteiger partial charge < -0.3 is 5.73 Å². The van der Waals surface area contributed by atoms with Gasteiger partial charge in [-0.3, -0.25) is 0 Å². The highest BCUT2D eigenvalue weighted by atomic mass is 35.5. The molecule has 0 heterocycles. The van der Waals surface area contributed by atoms with Crippen LogP contribution in [0.25, 0.3) is 0 Å². The molecule has 0 radical (unpaired) electrons. The minimum absolute atomic E-state index is 0. The van der Waals surface area contributed by atoms with Crippen LogP contribution in [0.4, 0.5) is 5.69 Å². The Bertz CT molecular complexity index is 439. The second-order valence-electron chi connectivity index (χ2n) is 3.60. The Kier molecular flexibility index (Phi) is 8.61. The van der Waals surface area contributed by atoms with Gasteiger partial charge in [0, 0.05) is 26.0 Å².